The number of ketones is 1. The highest BCUT2D eigenvalue weighted by molar-refractivity contribution is 6.30. The number of nitro benzene ring substituents is 1. The summed E-state index contributed by atoms with van der Waals surface area (Å²) in [5, 5.41) is 11.6. The summed E-state index contributed by atoms with van der Waals surface area (Å²) in [6, 6.07) is 10.6. The summed E-state index contributed by atoms with van der Waals surface area (Å²) in [6.45, 7) is 1.19. The van der Waals surface area contributed by atoms with E-state index in [-0.39, 0.29) is 30.3 Å². The van der Waals surface area contributed by atoms with E-state index in [2.05, 4.69) is 0 Å². The van der Waals surface area contributed by atoms with E-state index in [1.807, 2.05) is 0 Å². The van der Waals surface area contributed by atoms with Gasteiger partial charge in [0.05, 0.1) is 16.5 Å². The van der Waals surface area contributed by atoms with Crippen LogP contribution in [0.15, 0.2) is 42.5 Å². The number of benzene rings is 2. The van der Waals surface area contributed by atoms with Crippen molar-refractivity contribution in [3.8, 4) is 0 Å². The smallest absolute Gasteiger partial charge is 0.311 e. The Balaban J connectivity index is 1.63. The number of halogens is 1. The molecule has 0 aromatic heterocycles. The molecule has 1 amide bonds. The molecular weight excluding hydrogens is 400 g/mol. The van der Waals surface area contributed by atoms with Gasteiger partial charge in [-0.2, -0.15) is 0 Å². The van der Waals surface area contributed by atoms with Gasteiger partial charge in [0.15, 0.2) is 12.4 Å². The predicted octanol–water partition coefficient (Wildman–Crippen LogP) is 3.34. The molecule has 8 nitrogen and oxygen atoms in total. The van der Waals surface area contributed by atoms with Gasteiger partial charge in [0.25, 0.3) is 5.69 Å². The van der Waals surface area contributed by atoms with Crippen molar-refractivity contribution in [2.24, 2.45) is 5.92 Å². The van der Waals surface area contributed by atoms with E-state index in [1.54, 1.807) is 31.2 Å². The number of Topliss-reactive ketones (excluding diaryl/α,β-unsaturated/α-hetero) is 1. The Hall–Kier alpha value is -3.26. The van der Waals surface area contributed by atoms with Gasteiger partial charge in [-0.1, -0.05) is 17.7 Å². The lowest BCUT2D eigenvalue weighted by Crippen LogP contribution is -2.27. The molecule has 1 aliphatic heterocycles. The van der Waals surface area contributed by atoms with E-state index in [1.165, 1.54) is 23.1 Å². The number of carbonyl (C=O) groups excluding carboxylic acids is 3. The van der Waals surface area contributed by atoms with Gasteiger partial charge in [-0.15, -0.1) is 0 Å². The van der Waals surface area contributed by atoms with Crippen LogP contribution < -0.4 is 4.90 Å². The Morgan fingerprint density at radius 2 is 1.93 bits per heavy atom. The number of hydrogen-bond acceptors (Lipinski definition) is 6. The van der Waals surface area contributed by atoms with Gasteiger partial charge in [0.1, 0.15) is 0 Å². The molecule has 9 heteroatoms. The molecule has 0 unspecified atom stereocenters. The van der Waals surface area contributed by atoms with Gasteiger partial charge in [-0.3, -0.25) is 24.5 Å². The Bertz CT molecular complexity index is 989. The molecule has 1 fully saturated rings. The minimum Gasteiger partial charge on any atom is -0.457 e. The minimum atomic E-state index is -0.749. The zero-order chi connectivity index (χ0) is 21.1. The van der Waals surface area contributed by atoms with Gasteiger partial charge in [-0.05, 0) is 37.3 Å². The first-order valence-electron chi connectivity index (χ1n) is 8.77. The first kappa shape index (κ1) is 20.5. The number of nitro groups is 1. The van der Waals surface area contributed by atoms with E-state index >= 15 is 0 Å². The van der Waals surface area contributed by atoms with E-state index in [0.29, 0.717) is 21.8 Å². The van der Waals surface area contributed by atoms with Crippen LogP contribution in [-0.2, 0) is 14.3 Å². The first-order valence-corrected chi connectivity index (χ1v) is 9.15. The van der Waals surface area contributed by atoms with Crippen LogP contribution in [0.25, 0.3) is 0 Å². The molecule has 1 heterocycles. The second kappa shape index (κ2) is 8.40. The van der Waals surface area contributed by atoms with E-state index in [4.69, 9.17) is 16.3 Å². The second-order valence-electron chi connectivity index (χ2n) is 6.67. The Kier molecular flexibility index (Phi) is 5.93. The summed E-state index contributed by atoms with van der Waals surface area (Å²) >= 11 is 5.77. The number of ether oxygens (including phenoxy) is 1. The molecule has 0 radical (unpaired) electrons. The average Bonchev–Trinajstić information content (AvgIpc) is 3.08. The normalized spacial score (nSPS) is 16.0. The maximum Gasteiger partial charge on any atom is 0.311 e. The fourth-order valence-electron chi connectivity index (χ4n) is 3.05. The fourth-order valence-corrected chi connectivity index (χ4v) is 3.18. The predicted molar refractivity (Wildman–Crippen MR) is 105 cm³/mol. The van der Waals surface area contributed by atoms with Crippen molar-refractivity contribution in [2.75, 3.05) is 18.1 Å². The maximum atomic E-state index is 12.3. The number of aryl methyl sites for hydroxylation is 1. The number of esters is 1. The Morgan fingerprint density at radius 1 is 1.24 bits per heavy atom. The molecule has 2 aromatic rings. The number of amides is 1. The molecule has 0 aliphatic carbocycles. The summed E-state index contributed by atoms with van der Waals surface area (Å²) in [7, 11) is 0. The molecule has 0 bridgehead atoms. The lowest BCUT2D eigenvalue weighted by Gasteiger charge is -2.16. The summed E-state index contributed by atoms with van der Waals surface area (Å²) < 4.78 is 5.08. The summed E-state index contributed by atoms with van der Waals surface area (Å²) in [4.78, 5) is 48.6. The third-order valence-corrected chi connectivity index (χ3v) is 4.92. The van der Waals surface area contributed by atoms with Gasteiger partial charge in [0, 0.05) is 35.2 Å². The highest BCUT2D eigenvalue weighted by atomic mass is 35.5. The molecule has 1 atom stereocenters. The van der Waals surface area contributed by atoms with Gasteiger partial charge in [-0.25, -0.2) is 0 Å². The average molecular weight is 417 g/mol. The number of anilines is 1. The van der Waals surface area contributed by atoms with E-state index < -0.39 is 23.4 Å². The number of carbonyl (C=O) groups is 3. The maximum absolute atomic E-state index is 12.3. The van der Waals surface area contributed by atoms with Gasteiger partial charge >= 0.3 is 5.97 Å². The fraction of sp³-hybridized carbons (Fsp3) is 0.250. The molecule has 1 saturated heterocycles. The third kappa shape index (κ3) is 4.60. The number of nitrogens with zero attached hydrogens (tertiary/aromatic N) is 2. The van der Waals surface area contributed by atoms with Crippen LogP contribution in [0.4, 0.5) is 11.4 Å². The topological polar surface area (TPSA) is 107 Å². The van der Waals surface area contributed by atoms with Gasteiger partial charge < -0.3 is 9.64 Å². The van der Waals surface area contributed by atoms with Crippen LogP contribution in [0.2, 0.25) is 5.02 Å². The van der Waals surface area contributed by atoms with E-state index in [0.717, 1.165) is 0 Å². The van der Waals surface area contributed by atoms with Crippen LogP contribution in [0.5, 0.6) is 0 Å². The van der Waals surface area contributed by atoms with Crippen molar-refractivity contribution in [3.63, 3.8) is 0 Å². The molecule has 2 aromatic carbocycles. The van der Waals surface area contributed by atoms with Crippen molar-refractivity contribution in [1.29, 1.82) is 0 Å². The Morgan fingerprint density at radius 3 is 2.59 bits per heavy atom. The van der Waals surface area contributed by atoms with Crippen LogP contribution in [0.3, 0.4) is 0 Å². The lowest BCUT2D eigenvalue weighted by atomic mass is 10.1. The molecule has 150 valence electrons. The van der Waals surface area contributed by atoms with Gasteiger partial charge in [0.2, 0.25) is 5.91 Å². The van der Waals surface area contributed by atoms with Crippen molar-refractivity contribution in [3.05, 3.63) is 68.7 Å². The minimum absolute atomic E-state index is 0.0347. The zero-order valence-corrected chi connectivity index (χ0v) is 16.2. The standard InChI is InChI=1S/C20H17ClN2O6/c1-12-2-7-16(9-17(12)23(27)28)22-10-14(8-19(22)25)20(26)29-11-18(24)13-3-5-15(21)6-4-13/h2-7,9,14H,8,10-11H2,1H3/t14-/m1/s1. The molecule has 1 aliphatic rings. The molecule has 0 N–H and O–H groups in total. The van der Waals surface area contributed by atoms with E-state index in [9.17, 15) is 24.5 Å². The molecule has 0 spiro atoms. The molecular formula is C20H17ClN2O6. The van der Waals surface area contributed by atoms with Crippen molar-refractivity contribution in [1.82, 2.24) is 0 Å². The number of hydrogen-bond donors (Lipinski definition) is 0. The highest BCUT2D eigenvalue weighted by Gasteiger charge is 2.37. The van der Waals surface area contributed by atoms with Crippen molar-refractivity contribution in [2.45, 2.75) is 13.3 Å². The first-order chi connectivity index (χ1) is 13.8. The molecule has 0 saturated carbocycles. The Labute approximate surface area is 171 Å². The highest BCUT2D eigenvalue weighted by Crippen LogP contribution is 2.30. The van der Waals surface area contributed by atoms with Crippen LogP contribution in [0, 0.1) is 23.0 Å². The third-order valence-electron chi connectivity index (χ3n) is 4.67. The van der Waals surface area contributed by atoms with Crippen molar-refractivity contribution >= 4 is 40.6 Å². The summed E-state index contributed by atoms with van der Waals surface area (Å²) in [5.74, 6) is -2.13. The second-order valence-corrected chi connectivity index (χ2v) is 7.11. The monoisotopic (exact) mass is 416 g/mol. The van der Waals surface area contributed by atoms with Crippen LogP contribution >= 0.6 is 11.6 Å². The lowest BCUT2D eigenvalue weighted by molar-refractivity contribution is -0.385. The zero-order valence-electron chi connectivity index (χ0n) is 15.5. The summed E-state index contributed by atoms with van der Waals surface area (Å²) in [6.07, 6.45) is -0.0877. The molecule has 29 heavy (non-hydrogen) atoms. The quantitative estimate of drug-likeness (QED) is 0.309. The summed E-state index contributed by atoms with van der Waals surface area (Å²) in [5.41, 5.74) is 1.08. The van der Waals surface area contributed by atoms with Crippen LogP contribution in [0.1, 0.15) is 22.3 Å². The number of rotatable bonds is 6. The molecule has 3 rings (SSSR count). The SMILES string of the molecule is Cc1ccc(N2C[C@H](C(=O)OCC(=O)c3ccc(Cl)cc3)CC2=O)cc1[N+](=O)[O-]. The van der Waals surface area contributed by atoms with Crippen LogP contribution in [-0.4, -0.2) is 35.7 Å². The largest absolute Gasteiger partial charge is 0.457 e. The van der Waals surface area contributed by atoms with Crippen molar-refractivity contribution < 1.29 is 24.0 Å².